The fourth-order valence-electron chi connectivity index (χ4n) is 1.66. The molecule has 112 valence electrons. The maximum absolute atomic E-state index is 11.7. The molecule has 0 saturated carbocycles. The molecule has 2 rings (SSSR count). The number of hydrogen-bond donors (Lipinski definition) is 1. The molecule has 1 N–H and O–H groups in total. The Morgan fingerprint density at radius 3 is 2.76 bits per heavy atom. The van der Waals surface area contributed by atoms with E-state index in [0.717, 1.165) is 5.56 Å². The number of rotatable bonds is 3. The number of nitrogens with one attached hydrogen (secondary N) is 1. The predicted octanol–water partition coefficient (Wildman–Crippen LogP) is 3.33. The number of ether oxygens (including phenoxy) is 1. The molecule has 0 bridgehead atoms. The van der Waals surface area contributed by atoms with E-state index >= 15 is 0 Å². The third-order valence-corrected chi connectivity index (χ3v) is 2.85. The van der Waals surface area contributed by atoms with Gasteiger partial charge >= 0.3 is 6.09 Å². The number of carbonyl (C=O) groups is 1. The Balaban J connectivity index is 2.03. The number of amides is 1. The van der Waals surface area contributed by atoms with Gasteiger partial charge in [-0.05, 0) is 38.5 Å². The van der Waals surface area contributed by atoms with Gasteiger partial charge in [0, 0.05) is 10.7 Å². The highest BCUT2D eigenvalue weighted by atomic mass is 35.5. The lowest BCUT2D eigenvalue weighted by molar-refractivity contribution is 0.0636. The van der Waals surface area contributed by atoms with E-state index in [1.54, 1.807) is 43.9 Å². The number of hydrogen-bond acceptors (Lipinski definition) is 4. The summed E-state index contributed by atoms with van der Waals surface area (Å²) in [5.41, 5.74) is 0.925. The van der Waals surface area contributed by atoms with Crippen LogP contribution in [0.1, 0.15) is 26.3 Å². The van der Waals surface area contributed by atoms with Crippen molar-refractivity contribution in [1.82, 2.24) is 14.8 Å². The van der Waals surface area contributed by atoms with Crippen LogP contribution < -0.4 is 5.32 Å². The molecule has 0 aliphatic carbocycles. The first kappa shape index (κ1) is 15.3. The number of aromatic nitrogens is 3. The molecule has 21 heavy (non-hydrogen) atoms. The maximum Gasteiger partial charge on any atom is 0.412 e. The zero-order valence-electron chi connectivity index (χ0n) is 12.1. The van der Waals surface area contributed by atoms with E-state index in [1.807, 2.05) is 6.07 Å². The second kappa shape index (κ2) is 6.13. The van der Waals surface area contributed by atoms with Crippen LogP contribution in [-0.2, 0) is 11.3 Å². The second-order valence-corrected chi connectivity index (χ2v) is 5.93. The van der Waals surface area contributed by atoms with Gasteiger partial charge in [-0.15, -0.1) is 0 Å². The van der Waals surface area contributed by atoms with Crippen molar-refractivity contribution in [2.24, 2.45) is 0 Å². The van der Waals surface area contributed by atoms with Crippen molar-refractivity contribution in [3.63, 3.8) is 0 Å². The lowest BCUT2D eigenvalue weighted by Crippen LogP contribution is -2.27. The van der Waals surface area contributed by atoms with Gasteiger partial charge in [-0.1, -0.05) is 17.7 Å². The summed E-state index contributed by atoms with van der Waals surface area (Å²) < 4.78 is 6.85. The normalized spacial score (nSPS) is 11.2. The van der Waals surface area contributed by atoms with Gasteiger partial charge in [0.1, 0.15) is 18.3 Å². The fourth-order valence-corrected chi connectivity index (χ4v) is 1.90. The summed E-state index contributed by atoms with van der Waals surface area (Å²) in [5.74, 6) is 0. The number of nitrogens with zero attached hydrogens (tertiary/aromatic N) is 3. The zero-order chi connectivity index (χ0) is 15.5. The van der Waals surface area contributed by atoms with E-state index in [9.17, 15) is 4.79 Å². The van der Waals surface area contributed by atoms with Crippen molar-refractivity contribution in [1.29, 1.82) is 0 Å². The summed E-state index contributed by atoms with van der Waals surface area (Å²) in [7, 11) is 0. The van der Waals surface area contributed by atoms with E-state index in [4.69, 9.17) is 16.3 Å². The van der Waals surface area contributed by atoms with Gasteiger partial charge in [0.25, 0.3) is 0 Å². The van der Waals surface area contributed by atoms with Crippen LogP contribution in [0.25, 0.3) is 0 Å². The fraction of sp³-hybridized carbons (Fsp3) is 0.357. The molecule has 0 saturated heterocycles. The van der Waals surface area contributed by atoms with Crippen LogP contribution in [0, 0.1) is 0 Å². The zero-order valence-corrected chi connectivity index (χ0v) is 12.9. The molecule has 0 spiro atoms. The molecule has 0 radical (unpaired) electrons. The van der Waals surface area contributed by atoms with E-state index in [-0.39, 0.29) is 0 Å². The SMILES string of the molecule is CC(C)(C)OC(=O)Nc1ccc(Cn2cncn2)c(Cl)c1. The lowest BCUT2D eigenvalue weighted by atomic mass is 10.2. The number of carbonyl (C=O) groups excluding carboxylic acids is 1. The average Bonchev–Trinajstić information content (AvgIpc) is 2.83. The minimum atomic E-state index is -0.541. The largest absolute Gasteiger partial charge is 0.444 e. The van der Waals surface area contributed by atoms with E-state index in [0.29, 0.717) is 17.3 Å². The Bertz CT molecular complexity index is 620. The van der Waals surface area contributed by atoms with Crippen molar-refractivity contribution < 1.29 is 9.53 Å². The van der Waals surface area contributed by atoms with Crippen LogP contribution in [0.4, 0.5) is 10.5 Å². The minimum absolute atomic E-state index is 0.511. The predicted molar refractivity (Wildman–Crippen MR) is 80.4 cm³/mol. The molecule has 1 aromatic carbocycles. The molecular weight excluding hydrogens is 292 g/mol. The van der Waals surface area contributed by atoms with Crippen LogP contribution in [0.2, 0.25) is 5.02 Å². The third-order valence-electron chi connectivity index (χ3n) is 2.50. The summed E-state index contributed by atoms with van der Waals surface area (Å²) in [6, 6.07) is 5.27. The molecule has 1 aromatic heterocycles. The van der Waals surface area contributed by atoms with Crippen molar-refractivity contribution >= 4 is 23.4 Å². The molecule has 1 amide bonds. The summed E-state index contributed by atoms with van der Waals surface area (Å²) >= 11 is 6.21. The highest BCUT2D eigenvalue weighted by molar-refractivity contribution is 6.31. The molecule has 1 heterocycles. The first-order valence-electron chi connectivity index (χ1n) is 6.44. The molecule has 0 fully saturated rings. The maximum atomic E-state index is 11.7. The monoisotopic (exact) mass is 308 g/mol. The highest BCUT2D eigenvalue weighted by Crippen LogP contribution is 2.22. The third kappa shape index (κ3) is 4.75. The van der Waals surface area contributed by atoms with Crippen molar-refractivity contribution in [3.05, 3.63) is 41.4 Å². The molecule has 6 nitrogen and oxygen atoms in total. The lowest BCUT2D eigenvalue weighted by Gasteiger charge is -2.19. The number of anilines is 1. The van der Waals surface area contributed by atoms with Gasteiger partial charge in [-0.25, -0.2) is 14.5 Å². The second-order valence-electron chi connectivity index (χ2n) is 5.53. The molecular formula is C14H17ClN4O2. The van der Waals surface area contributed by atoms with Crippen LogP contribution in [0.3, 0.4) is 0 Å². The van der Waals surface area contributed by atoms with Crippen LogP contribution in [0.15, 0.2) is 30.9 Å². The Labute approximate surface area is 128 Å². The summed E-state index contributed by atoms with van der Waals surface area (Å²) in [4.78, 5) is 15.6. The first-order valence-corrected chi connectivity index (χ1v) is 6.82. The Hall–Kier alpha value is -2.08. The van der Waals surface area contributed by atoms with Gasteiger partial charge in [-0.3, -0.25) is 5.32 Å². The van der Waals surface area contributed by atoms with Gasteiger partial charge in [0.05, 0.1) is 6.54 Å². The highest BCUT2D eigenvalue weighted by Gasteiger charge is 2.16. The topological polar surface area (TPSA) is 69.0 Å². The van der Waals surface area contributed by atoms with Crippen LogP contribution >= 0.6 is 11.6 Å². The summed E-state index contributed by atoms with van der Waals surface area (Å²) in [6.45, 7) is 5.94. The van der Waals surface area contributed by atoms with Gasteiger partial charge in [-0.2, -0.15) is 5.10 Å². The average molecular weight is 309 g/mol. The summed E-state index contributed by atoms with van der Waals surface area (Å²) in [5, 5.41) is 7.21. The summed E-state index contributed by atoms with van der Waals surface area (Å²) in [6.07, 6.45) is 2.57. The molecule has 2 aromatic rings. The standard InChI is InChI=1S/C14H17ClN4O2/c1-14(2,3)21-13(20)18-11-5-4-10(12(15)6-11)7-19-9-16-8-17-19/h4-6,8-9H,7H2,1-3H3,(H,18,20). The molecule has 0 aliphatic rings. The minimum Gasteiger partial charge on any atom is -0.444 e. The van der Waals surface area contributed by atoms with Crippen LogP contribution in [-0.4, -0.2) is 26.5 Å². The Kier molecular flexibility index (Phi) is 4.47. The van der Waals surface area contributed by atoms with E-state index in [2.05, 4.69) is 15.4 Å². The Morgan fingerprint density at radius 2 is 2.19 bits per heavy atom. The smallest absolute Gasteiger partial charge is 0.412 e. The van der Waals surface area contributed by atoms with Crippen molar-refractivity contribution in [2.45, 2.75) is 32.9 Å². The van der Waals surface area contributed by atoms with Gasteiger partial charge in [0.15, 0.2) is 0 Å². The van der Waals surface area contributed by atoms with Gasteiger partial charge < -0.3 is 4.74 Å². The number of halogens is 1. The van der Waals surface area contributed by atoms with E-state index < -0.39 is 11.7 Å². The van der Waals surface area contributed by atoms with E-state index in [1.165, 1.54) is 6.33 Å². The molecule has 0 unspecified atom stereocenters. The molecule has 0 aliphatic heterocycles. The molecule has 7 heteroatoms. The quantitative estimate of drug-likeness (QED) is 0.944. The van der Waals surface area contributed by atoms with Gasteiger partial charge in [0.2, 0.25) is 0 Å². The van der Waals surface area contributed by atoms with Crippen LogP contribution in [0.5, 0.6) is 0 Å². The molecule has 0 atom stereocenters. The first-order chi connectivity index (χ1) is 9.83. The van der Waals surface area contributed by atoms with Crippen molar-refractivity contribution in [3.8, 4) is 0 Å². The Morgan fingerprint density at radius 1 is 1.43 bits per heavy atom. The van der Waals surface area contributed by atoms with Crippen molar-refractivity contribution in [2.75, 3.05) is 5.32 Å². The number of benzene rings is 1.